The van der Waals surface area contributed by atoms with E-state index >= 15 is 0 Å². The molecular formula is C11H10O. The van der Waals surface area contributed by atoms with E-state index < -0.39 is 0 Å². The van der Waals surface area contributed by atoms with E-state index in [2.05, 4.69) is 6.08 Å². The van der Waals surface area contributed by atoms with Crippen LogP contribution in [0.2, 0.25) is 0 Å². The molecule has 1 heteroatoms. The molecule has 0 heterocycles. The third kappa shape index (κ3) is 0.711. The van der Waals surface area contributed by atoms with Gasteiger partial charge in [0.05, 0.1) is 0 Å². The van der Waals surface area contributed by atoms with Gasteiger partial charge < -0.3 is 0 Å². The summed E-state index contributed by atoms with van der Waals surface area (Å²) in [5.74, 6) is 0.343. The first-order chi connectivity index (χ1) is 5.79. The lowest BCUT2D eigenvalue weighted by atomic mass is 9.85. The van der Waals surface area contributed by atoms with Crippen LogP contribution >= 0.6 is 0 Å². The Morgan fingerprint density at radius 1 is 1.33 bits per heavy atom. The second kappa shape index (κ2) is 1.79. The largest absolute Gasteiger partial charge is 0.294 e. The maximum atomic E-state index is 11.6. The van der Waals surface area contributed by atoms with Gasteiger partial charge in [-0.3, -0.25) is 4.79 Å². The van der Waals surface area contributed by atoms with Crippen molar-refractivity contribution in [2.24, 2.45) is 5.41 Å². The van der Waals surface area contributed by atoms with Gasteiger partial charge in [-0.2, -0.15) is 0 Å². The first kappa shape index (κ1) is 6.41. The monoisotopic (exact) mass is 158 g/mol. The Morgan fingerprint density at radius 2 is 2.17 bits per heavy atom. The minimum atomic E-state index is 0.290. The van der Waals surface area contributed by atoms with Gasteiger partial charge in [-0.15, -0.1) is 0 Å². The van der Waals surface area contributed by atoms with Gasteiger partial charge in [0.1, 0.15) is 0 Å². The first-order valence-electron chi connectivity index (χ1n) is 4.44. The minimum absolute atomic E-state index is 0.290. The molecule has 0 unspecified atom stereocenters. The van der Waals surface area contributed by atoms with Gasteiger partial charge in [0.2, 0.25) is 0 Å². The molecule has 3 rings (SSSR count). The Balaban J connectivity index is 2.13. The third-order valence-electron chi connectivity index (χ3n) is 3.02. The number of rotatable bonds is 0. The molecule has 0 aromatic heterocycles. The molecule has 0 aromatic carbocycles. The second-order valence-corrected chi connectivity index (χ2v) is 4.00. The summed E-state index contributed by atoms with van der Waals surface area (Å²) in [7, 11) is 0. The fourth-order valence-electron chi connectivity index (χ4n) is 2.09. The predicted octanol–water partition coefficient (Wildman–Crippen LogP) is 2.16. The van der Waals surface area contributed by atoms with Crippen molar-refractivity contribution in [2.75, 3.05) is 0 Å². The number of hydrogen-bond acceptors (Lipinski definition) is 1. The summed E-state index contributed by atoms with van der Waals surface area (Å²) in [4.78, 5) is 11.6. The van der Waals surface area contributed by atoms with Crippen LogP contribution in [-0.4, -0.2) is 5.78 Å². The quantitative estimate of drug-likeness (QED) is 0.528. The Labute approximate surface area is 71.5 Å². The topological polar surface area (TPSA) is 17.1 Å². The van der Waals surface area contributed by atoms with Gasteiger partial charge in [0, 0.05) is 12.0 Å². The van der Waals surface area contributed by atoms with E-state index in [1.807, 2.05) is 18.2 Å². The van der Waals surface area contributed by atoms with Gasteiger partial charge in [0.25, 0.3) is 0 Å². The zero-order valence-electron chi connectivity index (χ0n) is 6.84. The number of allylic oxidation sites excluding steroid dienone is 6. The van der Waals surface area contributed by atoms with Crippen molar-refractivity contribution in [1.82, 2.24) is 0 Å². The van der Waals surface area contributed by atoms with E-state index in [-0.39, 0.29) is 0 Å². The molecule has 12 heavy (non-hydrogen) atoms. The molecule has 0 atom stereocenters. The van der Waals surface area contributed by atoms with Crippen molar-refractivity contribution in [3.63, 3.8) is 0 Å². The molecule has 60 valence electrons. The van der Waals surface area contributed by atoms with Crippen molar-refractivity contribution >= 4 is 5.78 Å². The Morgan fingerprint density at radius 3 is 2.92 bits per heavy atom. The lowest BCUT2D eigenvalue weighted by Crippen LogP contribution is -2.15. The van der Waals surface area contributed by atoms with E-state index in [0.717, 1.165) is 12.0 Å². The highest BCUT2D eigenvalue weighted by atomic mass is 16.1. The first-order valence-corrected chi connectivity index (χ1v) is 4.44. The molecule has 1 nitrogen and oxygen atoms in total. The van der Waals surface area contributed by atoms with Crippen molar-refractivity contribution < 1.29 is 4.79 Å². The van der Waals surface area contributed by atoms with Gasteiger partial charge in [-0.25, -0.2) is 0 Å². The summed E-state index contributed by atoms with van der Waals surface area (Å²) in [5, 5.41) is 0. The average Bonchev–Trinajstić information content (AvgIpc) is 2.63. The van der Waals surface area contributed by atoms with Gasteiger partial charge in [-0.05, 0) is 23.8 Å². The maximum Gasteiger partial charge on any atom is 0.164 e. The number of carbonyl (C=O) groups excluding carboxylic acids is 1. The molecular weight excluding hydrogens is 148 g/mol. The van der Waals surface area contributed by atoms with Crippen LogP contribution in [0.5, 0.6) is 0 Å². The maximum absolute atomic E-state index is 11.6. The van der Waals surface area contributed by atoms with Crippen molar-refractivity contribution in [1.29, 1.82) is 0 Å². The molecule has 0 bridgehead atoms. The summed E-state index contributed by atoms with van der Waals surface area (Å²) >= 11 is 0. The molecule has 1 fully saturated rings. The van der Waals surface area contributed by atoms with E-state index in [9.17, 15) is 4.79 Å². The van der Waals surface area contributed by atoms with Crippen LogP contribution in [0.3, 0.4) is 0 Å². The van der Waals surface area contributed by atoms with Crippen molar-refractivity contribution in [3.05, 3.63) is 35.5 Å². The molecule has 1 spiro atoms. The van der Waals surface area contributed by atoms with Crippen LogP contribution in [0, 0.1) is 5.41 Å². The molecule has 0 saturated heterocycles. The molecule has 0 aromatic rings. The SMILES string of the molecule is O=C1CC2(C=C3C=CC=C13)CC2. The Kier molecular flexibility index (Phi) is 0.957. The fourth-order valence-corrected chi connectivity index (χ4v) is 2.09. The van der Waals surface area contributed by atoms with Crippen LogP contribution in [0.25, 0.3) is 0 Å². The third-order valence-corrected chi connectivity index (χ3v) is 3.02. The number of hydrogen-bond donors (Lipinski definition) is 0. The highest BCUT2D eigenvalue weighted by molar-refractivity contribution is 6.03. The average molecular weight is 158 g/mol. The van der Waals surface area contributed by atoms with Crippen LogP contribution in [0.4, 0.5) is 0 Å². The number of fused-ring (bicyclic) bond motifs is 1. The zero-order chi connectivity index (χ0) is 8.18. The lowest BCUT2D eigenvalue weighted by Gasteiger charge is -2.18. The number of Topliss-reactive ketones (excluding diaryl/α,β-unsaturated/α-hetero) is 1. The second-order valence-electron chi connectivity index (χ2n) is 4.00. The van der Waals surface area contributed by atoms with Gasteiger partial charge in [-0.1, -0.05) is 24.3 Å². The predicted molar refractivity (Wildman–Crippen MR) is 46.6 cm³/mol. The highest BCUT2D eigenvalue weighted by Gasteiger charge is 2.46. The van der Waals surface area contributed by atoms with Gasteiger partial charge >= 0.3 is 0 Å². The smallest absolute Gasteiger partial charge is 0.164 e. The van der Waals surface area contributed by atoms with Crippen molar-refractivity contribution in [3.8, 4) is 0 Å². The summed E-state index contributed by atoms with van der Waals surface area (Å²) in [5.41, 5.74) is 2.40. The summed E-state index contributed by atoms with van der Waals surface area (Å²) in [6.07, 6.45) is 11.4. The summed E-state index contributed by atoms with van der Waals surface area (Å²) < 4.78 is 0. The normalized spacial score (nSPS) is 28.5. The van der Waals surface area contributed by atoms with Crippen LogP contribution in [0.15, 0.2) is 35.5 Å². The molecule has 0 radical (unpaired) electrons. The van der Waals surface area contributed by atoms with E-state index in [1.54, 1.807) is 0 Å². The zero-order valence-corrected chi connectivity index (χ0v) is 6.84. The van der Waals surface area contributed by atoms with E-state index in [0.29, 0.717) is 11.2 Å². The molecule has 1 saturated carbocycles. The fraction of sp³-hybridized carbons (Fsp3) is 0.364. The molecule has 0 amide bonds. The highest BCUT2D eigenvalue weighted by Crippen LogP contribution is 2.54. The van der Waals surface area contributed by atoms with Gasteiger partial charge in [0.15, 0.2) is 5.78 Å². The van der Waals surface area contributed by atoms with Crippen LogP contribution < -0.4 is 0 Å². The Bertz CT molecular complexity index is 351. The number of ketones is 1. The van der Waals surface area contributed by atoms with E-state index in [4.69, 9.17) is 0 Å². The van der Waals surface area contributed by atoms with Crippen molar-refractivity contribution in [2.45, 2.75) is 19.3 Å². The summed E-state index contributed by atoms with van der Waals surface area (Å²) in [6, 6.07) is 0. The molecule has 0 aliphatic heterocycles. The lowest BCUT2D eigenvalue weighted by molar-refractivity contribution is -0.116. The Hall–Kier alpha value is -1.11. The van der Waals surface area contributed by atoms with Crippen LogP contribution in [-0.2, 0) is 4.79 Å². The standard InChI is InChI=1S/C11H10O/c12-10-7-11(4-5-11)6-8-2-1-3-9(8)10/h1-3,6H,4-5,7H2. The summed E-state index contributed by atoms with van der Waals surface area (Å²) in [6.45, 7) is 0. The number of carbonyl (C=O) groups is 1. The molecule has 0 N–H and O–H groups in total. The molecule has 3 aliphatic carbocycles. The van der Waals surface area contributed by atoms with E-state index in [1.165, 1.54) is 18.4 Å². The van der Waals surface area contributed by atoms with Crippen LogP contribution in [0.1, 0.15) is 19.3 Å². The minimum Gasteiger partial charge on any atom is -0.294 e. The molecule has 3 aliphatic rings.